The molecule has 4 heteroatoms. The summed E-state index contributed by atoms with van der Waals surface area (Å²) < 4.78 is 0. The average molecular weight is 261 g/mol. The number of imidazole rings is 1. The molecule has 0 bridgehead atoms. The average Bonchev–Trinajstić information content (AvgIpc) is 2.81. The summed E-state index contributed by atoms with van der Waals surface area (Å²) in [5.74, 6) is 0. The van der Waals surface area contributed by atoms with Crippen molar-refractivity contribution in [3.63, 3.8) is 0 Å². The van der Waals surface area contributed by atoms with Gasteiger partial charge in [0.15, 0.2) is 0 Å². The van der Waals surface area contributed by atoms with Gasteiger partial charge in [-0.25, -0.2) is 4.98 Å². The van der Waals surface area contributed by atoms with Crippen molar-refractivity contribution in [2.75, 3.05) is 6.26 Å². The van der Waals surface area contributed by atoms with E-state index in [1.165, 1.54) is 10.5 Å². The third-order valence-corrected chi connectivity index (χ3v) is 3.87. The Labute approximate surface area is 112 Å². The highest BCUT2D eigenvalue weighted by molar-refractivity contribution is 7.98. The molecule has 18 heavy (non-hydrogen) atoms. The lowest BCUT2D eigenvalue weighted by molar-refractivity contribution is 0.567. The first-order valence-corrected chi connectivity index (χ1v) is 7.29. The summed E-state index contributed by atoms with van der Waals surface area (Å²) in [6.45, 7) is 5.01. The van der Waals surface area contributed by atoms with E-state index in [1.54, 1.807) is 18.1 Å². The zero-order valence-corrected chi connectivity index (χ0v) is 11.8. The molecule has 0 fully saturated rings. The second kappa shape index (κ2) is 6.07. The molecule has 1 unspecified atom stereocenters. The lowest BCUT2D eigenvalue weighted by Gasteiger charge is -2.14. The maximum atomic E-state index is 4.29. The Morgan fingerprint density at radius 2 is 2.06 bits per heavy atom. The third-order valence-electron chi connectivity index (χ3n) is 3.13. The van der Waals surface area contributed by atoms with Crippen LogP contribution in [-0.4, -0.2) is 16.2 Å². The quantitative estimate of drug-likeness (QED) is 0.811. The summed E-state index contributed by atoms with van der Waals surface area (Å²) in [6, 6.07) is 9.02. The summed E-state index contributed by atoms with van der Waals surface area (Å²) in [4.78, 5) is 8.68. The monoisotopic (exact) mass is 261 g/mol. The summed E-state index contributed by atoms with van der Waals surface area (Å²) in [5, 5.41) is 3.49. The van der Waals surface area contributed by atoms with Gasteiger partial charge in [0.25, 0.3) is 0 Å². The summed E-state index contributed by atoms with van der Waals surface area (Å²) in [6.07, 6.45) is 3.83. The van der Waals surface area contributed by atoms with Crippen molar-refractivity contribution in [2.24, 2.45) is 0 Å². The van der Waals surface area contributed by atoms with Gasteiger partial charge in [-0.3, -0.25) is 0 Å². The number of hydrogen-bond donors (Lipinski definition) is 2. The standard InChI is InChI=1S/C14H19N3S/c1-10(12-4-6-13(18-3)7-5-12)15-8-14-11(2)16-9-17-14/h4-7,9-10,15H,8H2,1-3H3,(H,16,17). The predicted octanol–water partition coefficient (Wildman–Crippen LogP) is 3.29. The molecule has 96 valence electrons. The second-order valence-electron chi connectivity index (χ2n) is 4.35. The van der Waals surface area contributed by atoms with Crippen molar-refractivity contribution in [1.29, 1.82) is 0 Å². The number of aromatic amines is 1. The van der Waals surface area contributed by atoms with Gasteiger partial charge in [0.2, 0.25) is 0 Å². The lowest BCUT2D eigenvalue weighted by atomic mass is 10.1. The molecule has 2 N–H and O–H groups in total. The highest BCUT2D eigenvalue weighted by atomic mass is 32.2. The number of aromatic nitrogens is 2. The van der Waals surface area contributed by atoms with Crippen LogP contribution in [0, 0.1) is 6.92 Å². The van der Waals surface area contributed by atoms with Crippen LogP contribution in [0.15, 0.2) is 35.5 Å². The van der Waals surface area contributed by atoms with Gasteiger partial charge in [-0.15, -0.1) is 11.8 Å². The molecule has 1 heterocycles. The largest absolute Gasteiger partial charge is 0.348 e. The van der Waals surface area contributed by atoms with Crippen molar-refractivity contribution in [2.45, 2.75) is 31.3 Å². The van der Waals surface area contributed by atoms with E-state index in [2.05, 4.69) is 52.7 Å². The summed E-state index contributed by atoms with van der Waals surface area (Å²) >= 11 is 1.77. The molecule has 0 aliphatic carbocycles. The fraction of sp³-hybridized carbons (Fsp3) is 0.357. The molecular formula is C14H19N3S. The molecule has 0 saturated carbocycles. The van der Waals surface area contributed by atoms with Gasteiger partial charge < -0.3 is 10.3 Å². The highest BCUT2D eigenvalue weighted by Gasteiger charge is 2.07. The Bertz CT molecular complexity index is 490. The third kappa shape index (κ3) is 3.15. The lowest BCUT2D eigenvalue weighted by Crippen LogP contribution is -2.18. The van der Waals surface area contributed by atoms with Crippen molar-refractivity contribution in [1.82, 2.24) is 15.3 Å². The van der Waals surface area contributed by atoms with Gasteiger partial charge in [0, 0.05) is 23.2 Å². The minimum atomic E-state index is 0.331. The minimum absolute atomic E-state index is 0.331. The maximum absolute atomic E-state index is 4.29. The van der Waals surface area contributed by atoms with Gasteiger partial charge in [-0.2, -0.15) is 0 Å². The molecule has 0 aliphatic heterocycles. The van der Waals surface area contributed by atoms with E-state index >= 15 is 0 Å². The van der Waals surface area contributed by atoms with Crippen LogP contribution in [0.3, 0.4) is 0 Å². The predicted molar refractivity (Wildman–Crippen MR) is 76.8 cm³/mol. The molecule has 0 aliphatic rings. The minimum Gasteiger partial charge on any atom is -0.348 e. The van der Waals surface area contributed by atoms with E-state index in [0.29, 0.717) is 6.04 Å². The van der Waals surface area contributed by atoms with E-state index in [4.69, 9.17) is 0 Å². The van der Waals surface area contributed by atoms with Crippen LogP contribution < -0.4 is 5.32 Å². The number of H-pyrrole nitrogens is 1. The Morgan fingerprint density at radius 3 is 2.61 bits per heavy atom. The fourth-order valence-electron chi connectivity index (χ4n) is 1.83. The molecule has 2 aromatic rings. The molecule has 3 nitrogen and oxygen atoms in total. The van der Waals surface area contributed by atoms with Crippen LogP contribution in [0.4, 0.5) is 0 Å². The number of nitrogens with zero attached hydrogens (tertiary/aromatic N) is 1. The molecule has 0 spiro atoms. The number of benzene rings is 1. The van der Waals surface area contributed by atoms with E-state index in [1.807, 2.05) is 6.92 Å². The Morgan fingerprint density at radius 1 is 1.33 bits per heavy atom. The summed E-state index contributed by atoms with van der Waals surface area (Å²) in [7, 11) is 0. The Kier molecular flexibility index (Phi) is 4.44. The van der Waals surface area contributed by atoms with Crippen LogP contribution in [0.1, 0.15) is 29.9 Å². The van der Waals surface area contributed by atoms with Crippen LogP contribution in [-0.2, 0) is 6.54 Å². The molecule has 2 rings (SSSR count). The number of hydrogen-bond acceptors (Lipinski definition) is 3. The van der Waals surface area contributed by atoms with Gasteiger partial charge >= 0.3 is 0 Å². The topological polar surface area (TPSA) is 40.7 Å². The molecular weight excluding hydrogens is 242 g/mol. The smallest absolute Gasteiger partial charge is 0.0925 e. The summed E-state index contributed by atoms with van der Waals surface area (Å²) in [5.41, 5.74) is 3.52. The van der Waals surface area contributed by atoms with E-state index in [-0.39, 0.29) is 0 Å². The first-order valence-electron chi connectivity index (χ1n) is 6.07. The van der Waals surface area contributed by atoms with E-state index in [9.17, 15) is 0 Å². The second-order valence-corrected chi connectivity index (χ2v) is 5.23. The van der Waals surface area contributed by atoms with Gasteiger partial charge in [-0.05, 0) is 37.8 Å². The Hall–Kier alpha value is -1.26. The van der Waals surface area contributed by atoms with Gasteiger partial charge in [0.1, 0.15) is 0 Å². The zero-order valence-electron chi connectivity index (χ0n) is 11.0. The number of thioether (sulfide) groups is 1. The first-order chi connectivity index (χ1) is 8.70. The van der Waals surface area contributed by atoms with Crippen LogP contribution in [0.2, 0.25) is 0 Å². The molecule has 0 radical (unpaired) electrons. The van der Waals surface area contributed by atoms with Crippen LogP contribution >= 0.6 is 11.8 Å². The SMILES string of the molecule is CSc1ccc(C(C)NCc2nc[nH]c2C)cc1. The van der Waals surface area contributed by atoms with Crippen LogP contribution in [0.25, 0.3) is 0 Å². The van der Waals surface area contributed by atoms with Crippen molar-refractivity contribution >= 4 is 11.8 Å². The van der Waals surface area contributed by atoms with Crippen molar-refractivity contribution in [3.05, 3.63) is 47.5 Å². The Balaban J connectivity index is 1.94. The van der Waals surface area contributed by atoms with Gasteiger partial charge in [-0.1, -0.05) is 12.1 Å². The first kappa shape index (κ1) is 13.2. The molecule has 1 atom stereocenters. The van der Waals surface area contributed by atoms with Crippen molar-refractivity contribution in [3.8, 4) is 0 Å². The maximum Gasteiger partial charge on any atom is 0.0925 e. The van der Waals surface area contributed by atoms with E-state index in [0.717, 1.165) is 17.9 Å². The molecule has 1 aromatic carbocycles. The fourth-order valence-corrected chi connectivity index (χ4v) is 2.23. The number of rotatable bonds is 5. The zero-order chi connectivity index (χ0) is 13.0. The number of aryl methyl sites for hydroxylation is 1. The van der Waals surface area contributed by atoms with E-state index < -0.39 is 0 Å². The molecule has 0 saturated heterocycles. The van der Waals surface area contributed by atoms with Crippen molar-refractivity contribution < 1.29 is 0 Å². The normalized spacial score (nSPS) is 12.6. The highest BCUT2D eigenvalue weighted by Crippen LogP contribution is 2.19. The van der Waals surface area contributed by atoms with Gasteiger partial charge in [0.05, 0.1) is 12.0 Å². The molecule has 0 amide bonds. The van der Waals surface area contributed by atoms with Crippen LogP contribution in [0.5, 0.6) is 0 Å². The number of nitrogens with one attached hydrogen (secondary N) is 2. The molecule has 1 aromatic heterocycles.